The molecule has 2 aromatic heterocycles. The Morgan fingerprint density at radius 1 is 1.00 bits per heavy atom. The minimum atomic E-state index is -4.46. The third-order valence-electron chi connectivity index (χ3n) is 4.33. The second-order valence-electron chi connectivity index (χ2n) is 6.61. The van der Waals surface area contributed by atoms with Crippen molar-refractivity contribution in [2.45, 2.75) is 11.8 Å². The van der Waals surface area contributed by atoms with Crippen LogP contribution in [0, 0.1) is 36.2 Å². The van der Waals surface area contributed by atoms with Crippen LogP contribution in [-0.2, 0) is 10.0 Å². The third kappa shape index (κ3) is 4.08. The highest BCUT2D eigenvalue weighted by molar-refractivity contribution is 7.92. The van der Waals surface area contributed by atoms with Gasteiger partial charge in [-0.25, -0.2) is 26.6 Å². The van der Waals surface area contributed by atoms with Gasteiger partial charge in [-0.15, -0.1) is 0 Å². The van der Waals surface area contributed by atoms with Crippen LogP contribution in [0.4, 0.5) is 18.9 Å². The van der Waals surface area contributed by atoms with Crippen LogP contribution < -0.4 is 4.72 Å². The molecule has 6 nitrogen and oxygen atoms in total. The molecule has 0 aliphatic heterocycles. The van der Waals surface area contributed by atoms with Crippen molar-refractivity contribution in [3.8, 4) is 11.8 Å². The Morgan fingerprint density at radius 2 is 1.77 bits per heavy atom. The van der Waals surface area contributed by atoms with Gasteiger partial charge in [0.15, 0.2) is 11.5 Å². The van der Waals surface area contributed by atoms with Gasteiger partial charge in [0.1, 0.15) is 16.5 Å². The van der Waals surface area contributed by atoms with E-state index >= 15 is 0 Å². The van der Waals surface area contributed by atoms with E-state index in [1.807, 2.05) is 4.72 Å². The first kappa shape index (κ1) is 20.4. The Hall–Kier alpha value is -3.84. The lowest BCUT2D eigenvalue weighted by Gasteiger charge is -2.11. The molecule has 31 heavy (non-hydrogen) atoms. The highest BCUT2D eigenvalue weighted by atomic mass is 32.2. The second-order valence-corrected chi connectivity index (χ2v) is 8.26. The number of anilines is 1. The molecule has 0 bridgehead atoms. The molecule has 0 spiro atoms. The van der Waals surface area contributed by atoms with Gasteiger partial charge in [0.25, 0.3) is 10.0 Å². The number of rotatable bonds is 3. The monoisotopic (exact) mass is 442 g/mol. The first-order valence-electron chi connectivity index (χ1n) is 8.83. The van der Waals surface area contributed by atoms with E-state index in [4.69, 9.17) is 0 Å². The van der Waals surface area contributed by atoms with E-state index in [0.717, 1.165) is 24.3 Å². The first-order valence-corrected chi connectivity index (χ1v) is 10.3. The lowest BCUT2D eigenvalue weighted by Crippen LogP contribution is -2.16. The van der Waals surface area contributed by atoms with E-state index in [9.17, 15) is 21.6 Å². The molecule has 4 rings (SSSR count). The standard InChI is InChI=1S/C21H13F3N4O2S/c1-12-2-5-17(23)19(8-12)31(29,30)28-18-7-6-16(22)15(20(18)24)4-3-13-9-14-11-26-27-21(14)25-10-13/h2,5-11,28H,1H3,(H,25,26,27). The summed E-state index contributed by atoms with van der Waals surface area (Å²) >= 11 is 0. The summed E-state index contributed by atoms with van der Waals surface area (Å²) in [6.45, 7) is 1.58. The summed E-state index contributed by atoms with van der Waals surface area (Å²) in [5, 5.41) is 7.15. The second kappa shape index (κ2) is 7.77. The van der Waals surface area contributed by atoms with Gasteiger partial charge in [-0.2, -0.15) is 5.10 Å². The lowest BCUT2D eigenvalue weighted by atomic mass is 10.1. The Kier molecular flexibility index (Phi) is 5.12. The molecule has 4 aromatic rings. The number of nitrogens with one attached hydrogen (secondary N) is 2. The number of sulfonamides is 1. The molecule has 2 N–H and O–H groups in total. The number of pyridine rings is 1. The van der Waals surface area contributed by atoms with Crippen LogP contribution >= 0.6 is 0 Å². The maximum Gasteiger partial charge on any atom is 0.264 e. The predicted octanol–water partition coefficient (Wildman–Crippen LogP) is 3.88. The van der Waals surface area contributed by atoms with E-state index in [2.05, 4.69) is 27.0 Å². The molecule has 156 valence electrons. The van der Waals surface area contributed by atoms with Gasteiger partial charge in [0.05, 0.1) is 17.4 Å². The van der Waals surface area contributed by atoms with Crippen molar-refractivity contribution in [2.75, 3.05) is 4.72 Å². The summed E-state index contributed by atoms with van der Waals surface area (Å²) in [5.41, 5.74) is 0.201. The van der Waals surface area contributed by atoms with E-state index in [1.54, 1.807) is 13.0 Å². The van der Waals surface area contributed by atoms with Crippen molar-refractivity contribution in [3.05, 3.63) is 82.9 Å². The first-order chi connectivity index (χ1) is 14.7. The zero-order chi connectivity index (χ0) is 22.2. The number of aromatic amines is 1. The molecule has 0 aliphatic rings. The molecule has 0 amide bonds. The fourth-order valence-electron chi connectivity index (χ4n) is 2.80. The molecule has 2 heterocycles. The zero-order valence-corrected chi connectivity index (χ0v) is 16.7. The van der Waals surface area contributed by atoms with Gasteiger partial charge >= 0.3 is 0 Å². The molecule has 0 fully saturated rings. The zero-order valence-electron chi connectivity index (χ0n) is 15.9. The molecular weight excluding hydrogens is 429 g/mol. The summed E-state index contributed by atoms with van der Waals surface area (Å²) in [6, 6.07) is 6.90. The fourth-order valence-corrected chi connectivity index (χ4v) is 4.02. The summed E-state index contributed by atoms with van der Waals surface area (Å²) in [6.07, 6.45) is 2.92. The van der Waals surface area contributed by atoms with Gasteiger partial charge < -0.3 is 0 Å². The summed E-state index contributed by atoms with van der Waals surface area (Å²) in [4.78, 5) is 3.43. The number of hydrogen-bond acceptors (Lipinski definition) is 4. The topological polar surface area (TPSA) is 87.7 Å². The van der Waals surface area contributed by atoms with Gasteiger partial charge in [-0.1, -0.05) is 17.9 Å². The number of nitrogens with zero attached hydrogens (tertiary/aromatic N) is 2. The van der Waals surface area contributed by atoms with Crippen LogP contribution in [0.3, 0.4) is 0 Å². The fraction of sp³-hybridized carbons (Fsp3) is 0.0476. The van der Waals surface area contributed by atoms with E-state index in [1.165, 1.54) is 18.5 Å². The average molecular weight is 442 g/mol. The summed E-state index contributed by atoms with van der Waals surface area (Å²) < 4.78 is 70.1. The highest BCUT2D eigenvalue weighted by Crippen LogP contribution is 2.25. The highest BCUT2D eigenvalue weighted by Gasteiger charge is 2.22. The quantitative estimate of drug-likeness (QED) is 0.472. The van der Waals surface area contributed by atoms with Crippen LogP contribution in [0.2, 0.25) is 0 Å². The molecule has 2 aromatic carbocycles. The van der Waals surface area contributed by atoms with E-state index in [0.29, 0.717) is 22.2 Å². The molecule has 0 unspecified atom stereocenters. The van der Waals surface area contributed by atoms with Crippen LogP contribution in [-0.4, -0.2) is 23.6 Å². The van der Waals surface area contributed by atoms with Crippen molar-refractivity contribution < 1.29 is 21.6 Å². The van der Waals surface area contributed by atoms with Crippen molar-refractivity contribution in [1.29, 1.82) is 0 Å². The molecule has 0 saturated carbocycles. The minimum absolute atomic E-state index is 0.375. The van der Waals surface area contributed by atoms with Crippen molar-refractivity contribution >= 4 is 26.7 Å². The van der Waals surface area contributed by atoms with Crippen molar-refractivity contribution in [2.24, 2.45) is 0 Å². The number of fused-ring (bicyclic) bond motifs is 1. The number of aryl methyl sites for hydroxylation is 1. The molecule has 0 saturated heterocycles. The minimum Gasteiger partial charge on any atom is -0.277 e. The smallest absolute Gasteiger partial charge is 0.264 e. The van der Waals surface area contributed by atoms with Crippen LogP contribution in [0.15, 0.2) is 53.7 Å². The maximum absolute atomic E-state index is 14.9. The van der Waals surface area contributed by atoms with Crippen LogP contribution in [0.5, 0.6) is 0 Å². The predicted molar refractivity (Wildman–Crippen MR) is 108 cm³/mol. The van der Waals surface area contributed by atoms with Gasteiger partial charge in [-0.05, 0) is 42.8 Å². The van der Waals surface area contributed by atoms with Crippen LogP contribution in [0.1, 0.15) is 16.7 Å². The van der Waals surface area contributed by atoms with Gasteiger partial charge in [-0.3, -0.25) is 9.82 Å². The summed E-state index contributed by atoms with van der Waals surface area (Å²) in [5.74, 6) is 1.75. The molecule has 10 heteroatoms. The SMILES string of the molecule is Cc1ccc(F)c(S(=O)(=O)Nc2ccc(F)c(C#Cc3cnc4[nH]ncc4c3)c2F)c1. The van der Waals surface area contributed by atoms with E-state index < -0.39 is 43.6 Å². The normalized spacial score (nSPS) is 11.2. The number of hydrogen-bond donors (Lipinski definition) is 2. The Morgan fingerprint density at radius 3 is 2.58 bits per heavy atom. The molecular formula is C21H13F3N4O2S. The molecule has 0 atom stereocenters. The largest absolute Gasteiger partial charge is 0.277 e. The van der Waals surface area contributed by atoms with Crippen molar-refractivity contribution in [3.63, 3.8) is 0 Å². The molecule has 0 radical (unpaired) electrons. The number of benzene rings is 2. The lowest BCUT2D eigenvalue weighted by molar-refractivity contribution is 0.566. The van der Waals surface area contributed by atoms with Crippen LogP contribution in [0.25, 0.3) is 11.0 Å². The number of H-pyrrole nitrogens is 1. The average Bonchev–Trinajstić information content (AvgIpc) is 3.19. The van der Waals surface area contributed by atoms with Gasteiger partial charge in [0, 0.05) is 17.1 Å². The Labute approximate surface area is 175 Å². The molecule has 0 aliphatic carbocycles. The Balaban J connectivity index is 1.70. The van der Waals surface area contributed by atoms with Gasteiger partial charge in [0.2, 0.25) is 0 Å². The third-order valence-corrected chi connectivity index (χ3v) is 5.72. The van der Waals surface area contributed by atoms with Crippen molar-refractivity contribution in [1.82, 2.24) is 15.2 Å². The number of aromatic nitrogens is 3. The maximum atomic E-state index is 14.9. The Bertz CT molecular complexity index is 1490. The van der Waals surface area contributed by atoms with E-state index in [-0.39, 0.29) is 0 Å². The number of halogens is 3. The summed E-state index contributed by atoms with van der Waals surface area (Å²) in [7, 11) is -4.46.